The van der Waals surface area contributed by atoms with E-state index in [0.29, 0.717) is 6.42 Å². The number of hydrogen-bond donors (Lipinski definition) is 0. The van der Waals surface area contributed by atoms with E-state index in [4.69, 9.17) is 4.74 Å². The Hall–Kier alpha value is 0.430. The molecule has 152 valence electrons. The maximum atomic E-state index is 11.6. The molecule has 0 saturated carbocycles. The molecule has 0 spiro atoms. The quantitative estimate of drug-likeness (QED) is 0.157. The van der Waals surface area contributed by atoms with Crippen molar-refractivity contribution < 1.29 is 40.5 Å². The Kier molecular flexibility index (Phi) is 23.9. The van der Waals surface area contributed by atoms with Crippen LogP contribution in [0.5, 0.6) is 0 Å². The van der Waals surface area contributed by atoms with Gasteiger partial charge in [-0.1, -0.05) is 96.8 Å². The summed E-state index contributed by atoms with van der Waals surface area (Å²) in [6.45, 7) is 4.19. The van der Waals surface area contributed by atoms with E-state index >= 15 is 0 Å². The van der Waals surface area contributed by atoms with Gasteiger partial charge in [-0.2, -0.15) is 0 Å². The minimum atomic E-state index is -0.121. The van der Waals surface area contributed by atoms with Gasteiger partial charge in [0.05, 0.1) is 0 Å². The summed E-state index contributed by atoms with van der Waals surface area (Å²) in [4.78, 5) is 13.6. The van der Waals surface area contributed by atoms with Crippen LogP contribution in [-0.4, -0.2) is 31.2 Å². The minimum Gasteiger partial charge on any atom is -1.00 e. The average Bonchev–Trinajstić information content (AvgIpc) is 2.58. The largest absolute Gasteiger partial charge is 1.00 e. The van der Waals surface area contributed by atoms with Crippen LogP contribution >= 0.6 is 0 Å². The van der Waals surface area contributed by atoms with E-state index in [9.17, 15) is 4.79 Å². The average molecular weight is 380 g/mol. The molecule has 0 fully saturated rings. The number of unbranched alkanes of at least 4 members (excludes halogenated alkanes) is 14. The van der Waals surface area contributed by atoms with Crippen molar-refractivity contribution in [1.29, 1.82) is 0 Å². The molecule has 0 rings (SSSR count). The predicted molar refractivity (Wildman–Crippen MR) is 110 cm³/mol. The fourth-order valence-electron chi connectivity index (χ4n) is 3.00. The molecule has 0 aromatic rings. The SMILES string of the molecule is CCCCCCCCCCCCCCCCCC(=O)OC(C)N(C)C.[H-].[Na+]. The third kappa shape index (κ3) is 20.7. The van der Waals surface area contributed by atoms with Gasteiger partial charge in [0.2, 0.25) is 0 Å². The van der Waals surface area contributed by atoms with Crippen molar-refractivity contribution in [1.82, 2.24) is 4.90 Å². The zero-order chi connectivity index (χ0) is 18.8. The molecule has 4 heteroatoms. The van der Waals surface area contributed by atoms with Crippen molar-refractivity contribution in [2.45, 2.75) is 123 Å². The van der Waals surface area contributed by atoms with Crippen molar-refractivity contribution in [2.75, 3.05) is 14.1 Å². The van der Waals surface area contributed by atoms with Gasteiger partial charge in [0.1, 0.15) is 0 Å². The van der Waals surface area contributed by atoms with E-state index in [1.54, 1.807) is 0 Å². The molecule has 0 N–H and O–H groups in total. The summed E-state index contributed by atoms with van der Waals surface area (Å²) >= 11 is 0. The van der Waals surface area contributed by atoms with Crippen LogP contribution in [0.25, 0.3) is 0 Å². The topological polar surface area (TPSA) is 29.5 Å². The second kappa shape index (κ2) is 21.7. The van der Waals surface area contributed by atoms with Gasteiger partial charge in [0, 0.05) is 6.42 Å². The molecule has 26 heavy (non-hydrogen) atoms. The second-order valence-corrected chi connectivity index (χ2v) is 7.75. The van der Waals surface area contributed by atoms with Gasteiger partial charge in [-0.15, -0.1) is 0 Å². The molecule has 0 aliphatic rings. The van der Waals surface area contributed by atoms with Crippen LogP contribution in [0.2, 0.25) is 0 Å². The summed E-state index contributed by atoms with van der Waals surface area (Å²) in [6, 6.07) is 0. The molecule has 1 atom stereocenters. The Balaban J connectivity index is -0.00000288. The Bertz CT molecular complexity index is 304. The maximum Gasteiger partial charge on any atom is 1.00 e. The molecule has 0 bridgehead atoms. The Morgan fingerprint density at radius 3 is 1.46 bits per heavy atom. The van der Waals surface area contributed by atoms with E-state index in [2.05, 4.69) is 6.92 Å². The van der Waals surface area contributed by atoms with Gasteiger partial charge < -0.3 is 6.16 Å². The molecule has 0 aliphatic carbocycles. The van der Waals surface area contributed by atoms with Gasteiger partial charge in [0.25, 0.3) is 0 Å². The van der Waals surface area contributed by atoms with Crippen LogP contribution in [0.3, 0.4) is 0 Å². The van der Waals surface area contributed by atoms with E-state index < -0.39 is 0 Å². The first-order chi connectivity index (χ1) is 12.1. The van der Waals surface area contributed by atoms with Crippen LogP contribution in [0, 0.1) is 0 Å². The number of carbonyl (C=O) groups excluding carboxylic acids is 1. The van der Waals surface area contributed by atoms with Crippen LogP contribution in [0.4, 0.5) is 0 Å². The van der Waals surface area contributed by atoms with Crippen molar-refractivity contribution in [3.63, 3.8) is 0 Å². The van der Waals surface area contributed by atoms with Crippen LogP contribution in [0.15, 0.2) is 0 Å². The van der Waals surface area contributed by atoms with Gasteiger partial charge in [-0.3, -0.25) is 9.69 Å². The summed E-state index contributed by atoms with van der Waals surface area (Å²) in [5.74, 6) is -0.0594. The Morgan fingerprint density at radius 2 is 1.12 bits per heavy atom. The second-order valence-electron chi connectivity index (χ2n) is 7.75. The molecule has 0 amide bonds. The van der Waals surface area contributed by atoms with Gasteiger partial charge >= 0.3 is 35.5 Å². The molecule has 0 heterocycles. The molecule has 0 aliphatic heterocycles. The first-order valence-corrected chi connectivity index (χ1v) is 10.9. The predicted octanol–water partition coefficient (Wildman–Crippen LogP) is 3.82. The summed E-state index contributed by atoms with van der Waals surface area (Å²) < 4.78 is 5.32. The minimum absolute atomic E-state index is 0. The Labute approximate surface area is 187 Å². The van der Waals surface area contributed by atoms with E-state index in [-0.39, 0.29) is 43.2 Å². The summed E-state index contributed by atoms with van der Waals surface area (Å²) in [7, 11) is 3.84. The smallest absolute Gasteiger partial charge is 1.00 e. The van der Waals surface area contributed by atoms with E-state index in [1.807, 2.05) is 25.9 Å². The molecular weight excluding hydrogens is 333 g/mol. The first-order valence-electron chi connectivity index (χ1n) is 10.9. The zero-order valence-electron chi connectivity index (χ0n) is 19.7. The maximum absolute atomic E-state index is 11.6. The van der Waals surface area contributed by atoms with Crippen LogP contribution in [-0.2, 0) is 9.53 Å². The summed E-state index contributed by atoms with van der Waals surface area (Å²) in [5.41, 5.74) is 0. The third-order valence-electron chi connectivity index (χ3n) is 5.01. The zero-order valence-corrected chi connectivity index (χ0v) is 20.7. The van der Waals surface area contributed by atoms with Gasteiger partial charge in [-0.25, -0.2) is 0 Å². The molecule has 3 nitrogen and oxygen atoms in total. The standard InChI is InChI=1S/C22H45NO2.Na.H/c1-5-6-7-8-9-10-11-12-13-14-15-16-17-18-19-20-22(24)25-21(2)23(3)4;;/h21H,5-20H2,1-4H3;;/q;+1;-1. The number of hydrogen-bond acceptors (Lipinski definition) is 3. The van der Waals surface area contributed by atoms with Crippen LogP contribution < -0.4 is 29.6 Å². The number of ether oxygens (including phenoxy) is 1. The number of esters is 1. The van der Waals surface area contributed by atoms with Crippen molar-refractivity contribution in [3.8, 4) is 0 Å². The molecule has 0 aromatic carbocycles. The molecule has 1 unspecified atom stereocenters. The summed E-state index contributed by atoms with van der Waals surface area (Å²) in [5, 5.41) is 0. The monoisotopic (exact) mass is 379 g/mol. The molecule has 0 saturated heterocycles. The first kappa shape index (κ1) is 28.6. The Morgan fingerprint density at radius 1 is 0.769 bits per heavy atom. The normalized spacial score (nSPS) is 12.0. The van der Waals surface area contributed by atoms with E-state index in [1.165, 1.54) is 83.5 Å². The molecule has 0 radical (unpaired) electrons. The van der Waals surface area contributed by atoms with E-state index in [0.717, 1.165) is 12.8 Å². The summed E-state index contributed by atoms with van der Waals surface area (Å²) in [6.07, 6.45) is 20.7. The van der Waals surface area contributed by atoms with Crippen molar-refractivity contribution in [2.24, 2.45) is 0 Å². The molecular formula is C22H46NNaO2. The fraction of sp³-hybridized carbons (Fsp3) is 0.955. The van der Waals surface area contributed by atoms with Crippen molar-refractivity contribution >= 4 is 5.97 Å². The van der Waals surface area contributed by atoms with Gasteiger partial charge in [0.15, 0.2) is 6.23 Å². The van der Waals surface area contributed by atoms with Crippen molar-refractivity contribution in [3.05, 3.63) is 0 Å². The number of nitrogens with zero attached hydrogens (tertiary/aromatic N) is 1. The van der Waals surface area contributed by atoms with Gasteiger partial charge in [-0.05, 0) is 27.4 Å². The fourth-order valence-corrected chi connectivity index (χ4v) is 3.00. The third-order valence-corrected chi connectivity index (χ3v) is 5.01. The number of rotatable bonds is 18. The van der Waals surface area contributed by atoms with Crippen LogP contribution in [0.1, 0.15) is 118 Å². The molecule has 0 aromatic heterocycles. The number of carbonyl (C=O) groups is 1.